The topological polar surface area (TPSA) is 38.7 Å². The second-order valence-corrected chi connectivity index (χ2v) is 5.54. The molecule has 1 aliphatic carbocycles. The molecule has 0 radical (unpaired) electrons. The fourth-order valence-corrected chi connectivity index (χ4v) is 2.39. The molecule has 0 bridgehead atoms. The molecule has 0 spiro atoms. The minimum Gasteiger partial charge on any atom is -0.490 e. The third kappa shape index (κ3) is 3.66. The van der Waals surface area contributed by atoms with Gasteiger partial charge in [0.15, 0.2) is 11.5 Å². The van der Waals surface area contributed by atoms with Crippen LogP contribution in [-0.4, -0.2) is 18.3 Å². The Morgan fingerprint density at radius 3 is 2.30 bits per heavy atom. The van der Waals surface area contributed by atoms with Crippen molar-refractivity contribution in [3.8, 4) is 11.5 Å². The molecule has 1 aromatic rings. The molecular weight excluding hydrogens is 252 g/mol. The largest absolute Gasteiger partial charge is 0.490 e. The predicted octanol–water partition coefficient (Wildman–Crippen LogP) is 4.10. The van der Waals surface area contributed by atoms with Crippen molar-refractivity contribution in [3.63, 3.8) is 0 Å². The molecule has 1 saturated carbocycles. The van der Waals surface area contributed by atoms with Crippen molar-refractivity contribution in [1.82, 2.24) is 0 Å². The van der Waals surface area contributed by atoms with Crippen molar-refractivity contribution in [2.75, 3.05) is 13.2 Å². The van der Waals surface area contributed by atoms with Crippen LogP contribution in [0, 0.1) is 5.92 Å². The van der Waals surface area contributed by atoms with Crippen molar-refractivity contribution in [2.45, 2.75) is 52.1 Å². The Kier molecular flexibility index (Phi) is 5.72. The number of rotatable bonds is 8. The molecular formula is C17H26O3. The van der Waals surface area contributed by atoms with Gasteiger partial charge in [0, 0.05) is 0 Å². The molecule has 0 aromatic heterocycles. The monoisotopic (exact) mass is 278 g/mol. The van der Waals surface area contributed by atoms with Gasteiger partial charge in [0.25, 0.3) is 0 Å². The molecule has 0 heterocycles. The number of ether oxygens (including phenoxy) is 2. The quantitative estimate of drug-likeness (QED) is 0.778. The first-order valence-electron chi connectivity index (χ1n) is 7.83. The summed E-state index contributed by atoms with van der Waals surface area (Å²) >= 11 is 0. The van der Waals surface area contributed by atoms with Gasteiger partial charge in [-0.1, -0.05) is 26.3 Å². The smallest absolute Gasteiger partial charge is 0.161 e. The molecule has 3 heteroatoms. The Labute approximate surface area is 121 Å². The molecule has 3 nitrogen and oxygen atoms in total. The lowest BCUT2D eigenvalue weighted by atomic mass is 9.79. The van der Waals surface area contributed by atoms with E-state index >= 15 is 0 Å². The Morgan fingerprint density at radius 2 is 1.75 bits per heavy atom. The first-order valence-corrected chi connectivity index (χ1v) is 7.83. The van der Waals surface area contributed by atoms with Crippen molar-refractivity contribution >= 4 is 0 Å². The summed E-state index contributed by atoms with van der Waals surface area (Å²) in [4.78, 5) is 0. The predicted molar refractivity (Wildman–Crippen MR) is 80.3 cm³/mol. The molecule has 1 atom stereocenters. The number of hydrogen-bond acceptors (Lipinski definition) is 3. The zero-order valence-corrected chi connectivity index (χ0v) is 12.6. The van der Waals surface area contributed by atoms with Crippen molar-refractivity contribution in [1.29, 1.82) is 0 Å². The summed E-state index contributed by atoms with van der Waals surface area (Å²) in [6.45, 7) is 5.53. The van der Waals surface area contributed by atoms with Gasteiger partial charge in [0.05, 0.1) is 19.3 Å². The molecule has 1 fully saturated rings. The van der Waals surface area contributed by atoms with E-state index in [2.05, 4.69) is 13.8 Å². The van der Waals surface area contributed by atoms with Gasteiger partial charge in [-0.05, 0) is 49.3 Å². The van der Waals surface area contributed by atoms with E-state index in [0.717, 1.165) is 42.7 Å². The van der Waals surface area contributed by atoms with Crippen LogP contribution in [0.25, 0.3) is 0 Å². The Bertz CT molecular complexity index is 413. The molecule has 20 heavy (non-hydrogen) atoms. The average Bonchev–Trinajstić information content (AvgIpc) is 2.41. The van der Waals surface area contributed by atoms with Gasteiger partial charge in [0.1, 0.15) is 0 Å². The normalized spacial score (nSPS) is 16.6. The van der Waals surface area contributed by atoms with Gasteiger partial charge < -0.3 is 14.6 Å². The zero-order valence-electron chi connectivity index (χ0n) is 12.6. The van der Waals surface area contributed by atoms with Gasteiger partial charge in [-0.3, -0.25) is 0 Å². The first kappa shape index (κ1) is 15.2. The van der Waals surface area contributed by atoms with Gasteiger partial charge in [-0.25, -0.2) is 0 Å². The Hall–Kier alpha value is -1.22. The van der Waals surface area contributed by atoms with E-state index in [-0.39, 0.29) is 6.10 Å². The third-order valence-corrected chi connectivity index (χ3v) is 3.83. The van der Waals surface area contributed by atoms with Crippen LogP contribution >= 0.6 is 0 Å². The second kappa shape index (κ2) is 7.53. The number of benzene rings is 1. The van der Waals surface area contributed by atoms with Gasteiger partial charge >= 0.3 is 0 Å². The van der Waals surface area contributed by atoms with Gasteiger partial charge in [-0.15, -0.1) is 0 Å². The van der Waals surface area contributed by atoms with Crippen molar-refractivity contribution in [3.05, 3.63) is 23.8 Å². The van der Waals surface area contributed by atoms with Crippen LogP contribution < -0.4 is 9.47 Å². The first-order chi connectivity index (χ1) is 9.76. The second-order valence-electron chi connectivity index (χ2n) is 5.54. The molecule has 112 valence electrons. The molecule has 1 aliphatic rings. The minimum absolute atomic E-state index is 0.368. The molecule has 0 aliphatic heterocycles. The van der Waals surface area contributed by atoms with E-state index in [9.17, 15) is 5.11 Å². The summed E-state index contributed by atoms with van der Waals surface area (Å²) in [5.74, 6) is 1.96. The number of aliphatic hydroxyl groups is 1. The maximum atomic E-state index is 10.4. The van der Waals surface area contributed by atoms with Crippen LogP contribution in [0.2, 0.25) is 0 Å². The van der Waals surface area contributed by atoms with E-state index in [0.29, 0.717) is 19.1 Å². The van der Waals surface area contributed by atoms with Crippen molar-refractivity contribution in [2.24, 2.45) is 5.92 Å². The van der Waals surface area contributed by atoms with E-state index in [1.807, 2.05) is 18.2 Å². The maximum absolute atomic E-state index is 10.4. The average molecular weight is 278 g/mol. The standard InChI is InChI=1S/C17H26O3/c1-3-10-19-15-9-8-14(12-16(15)20-11-4-2)17(18)13-6-5-7-13/h8-9,12-13,17-18H,3-7,10-11H2,1-2H3. The third-order valence-electron chi connectivity index (χ3n) is 3.83. The highest BCUT2D eigenvalue weighted by molar-refractivity contribution is 5.43. The molecule has 1 aromatic carbocycles. The molecule has 1 N–H and O–H groups in total. The Balaban J connectivity index is 2.13. The molecule has 0 amide bonds. The van der Waals surface area contributed by atoms with E-state index in [1.54, 1.807) is 0 Å². The summed E-state index contributed by atoms with van der Waals surface area (Å²) < 4.78 is 11.5. The molecule has 1 unspecified atom stereocenters. The van der Waals surface area contributed by atoms with Crippen LogP contribution in [0.1, 0.15) is 57.6 Å². The lowest BCUT2D eigenvalue weighted by Crippen LogP contribution is -2.20. The summed E-state index contributed by atoms with van der Waals surface area (Å²) in [5.41, 5.74) is 0.949. The fourth-order valence-electron chi connectivity index (χ4n) is 2.39. The van der Waals surface area contributed by atoms with Gasteiger partial charge in [-0.2, -0.15) is 0 Å². The fraction of sp³-hybridized carbons (Fsp3) is 0.647. The molecule has 2 rings (SSSR count). The van der Waals surface area contributed by atoms with Crippen LogP contribution in [0.15, 0.2) is 18.2 Å². The highest BCUT2D eigenvalue weighted by Gasteiger charge is 2.27. The summed E-state index contributed by atoms with van der Waals surface area (Å²) in [7, 11) is 0. The summed E-state index contributed by atoms with van der Waals surface area (Å²) in [5, 5.41) is 10.4. The van der Waals surface area contributed by atoms with Crippen LogP contribution in [0.3, 0.4) is 0 Å². The van der Waals surface area contributed by atoms with E-state index < -0.39 is 0 Å². The van der Waals surface area contributed by atoms with Crippen LogP contribution in [0.4, 0.5) is 0 Å². The highest BCUT2D eigenvalue weighted by atomic mass is 16.5. The van der Waals surface area contributed by atoms with Crippen molar-refractivity contribution < 1.29 is 14.6 Å². The van der Waals surface area contributed by atoms with Crippen LogP contribution in [-0.2, 0) is 0 Å². The lowest BCUT2D eigenvalue weighted by Gasteiger charge is -2.30. The Morgan fingerprint density at radius 1 is 1.10 bits per heavy atom. The lowest BCUT2D eigenvalue weighted by molar-refractivity contribution is 0.0618. The SMILES string of the molecule is CCCOc1ccc(C(O)C2CCC2)cc1OCCC. The highest BCUT2D eigenvalue weighted by Crippen LogP contribution is 2.40. The minimum atomic E-state index is -0.368. The maximum Gasteiger partial charge on any atom is 0.161 e. The zero-order chi connectivity index (χ0) is 14.4. The van der Waals surface area contributed by atoms with E-state index in [4.69, 9.17) is 9.47 Å². The molecule has 0 saturated heterocycles. The van der Waals surface area contributed by atoms with E-state index in [1.165, 1.54) is 6.42 Å². The summed E-state index contributed by atoms with van der Waals surface area (Å²) in [6.07, 6.45) is 5.05. The number of aliphatic hydroxyl groups excluding tert-OH is 1. The van der Waals surface area contributed by atoms with Crippen LogP contribution in [0.5, 0.6) is 11.5 Å². The number of hydrogen-bond donors (Lipinski definition) is 1. The van der Waals surface area contributed by atoms with Gasteiger partial charge in [0.2, 0.25) is 0 Å². The summed E-state index contributed by atoms with van der Waals surface area (Å²) in [6, 6.07) is 5.84.